The summed E-state index contributed by atoms with van der Waals surface area (Å²) in [5.74, 6) is 3.06. The summed E-state index contributed by atoms with van der Waals surface area (Å²) in [6, 6.07) is 11.0. The summed E-state index contributed by atoms with van der Waals surface area (Å²) in [4.78, 5) is 25.4. The van der Waals surface area contributed by atoms with Crippen LogP contribution in [0.4, 0.5) is 0 Å². The Bertz CT molecular complexity index is 780. The summed E-state index contributed by atoms with van der Waals surface area (Å²) in [5.41, 5.74) is 7.22. The summed E-state index contributed by atoms with van der Waals surface area (Å²) < 4.78 is 0. The Morgan fingerprint density at radius 2 is 1.84 bits per heavy atom. The number of amides is 1. The predicted octanol–water partition coefficient (Wildman–Crippen LogP) is 3.83. The Balaban J connectivity index is 0.000000360. The van der Waals surface area contributed by atoms with E-state index in [1.54, 1.807) is 0 Å². The number of carbonyl (C=O) groups is 2. The zero-order valence-electron chi connectivity index (χ0n) is 20.8. The molecule has 1 aromatic carbocycles. The number of likely N-dealkylation sites (N-methyl/N-ethyl adjacent to an activating group) is 2. The molecule has 3 fully saturated rings. The van der Waals surface area contributed by atoms with E-state index in [4.69, 9.17) is 5.73 Å². The molecular formula is C27H43N3O2. The first-order chi connectivity index (χ1) is 15.2. The minimum Gasteiger partial charge on any atom is -0.338 e. The summed E-state index contributed by atoms with van der Waals surface area (Å²) in [7, 11) is 1.92. The van der Waals surface area contributed by atoms with E-state index in [0.717, 1.165) is 24.7 Å². The van der Waals surface area contributed by atoms with E-state index in [9.17, 15) is 9.59 Å². The van der Waals surface area contributed by atoms with Crippen LogP contribution in [-0.2, 0) is 9.59 Å². The van der Waals surface area contributed by atoms with Gasteiger partial charge in [0.15, 0.2) is 0 Å². The number of nitrogens with one attached hydrogen (secondary N) is 1. The molecule has 7 atom stereocenters. The second-order valence-corrected chi connectivity index (χ2v) is 10.7. The number of nitrogens with zero attached hydrogens (tertiary/aromatic N) is 1. The van der Waals surface area contributed by atoms with E-state index in [-0.39, 0.29) is 18.0 Å². The maximum atomic E-state index is 13.3. The van der Waals surface area contributed by atoms with Crippen LogP contribution in [0, 0.1) is 29.1 Å². The van der Waals surface area contributed by atoms with Crippen LogP contribution < -0.4 is 11.1 Å². The van der Waals surface area contributed by atoms with Crippen molar-refractivity contribution in [1.82, 2.24) is 10.2 Å². The smallest absolute Gasteiger partial charge is 0.240 e. The minimum absolute atomic E-state index is 0.0793. The van der Waals surface area contributed by atoms with Crippen LogP contribution in [0.5, 0.6) is 0 Å². The summed E-state index contributed by atoms with van der Waals surface area (Å²) >= 11 is 0. The molecule has 1 spiro atoms. The fraction of sp³-hybridized carbons (Fsp3) is 0.704. The van der Waals surface area contributed by atoms with Crippen molar-refractivity contribution in [1.29, 1.82) is 0 Å². The Morgan fingerprint density at radius 3 is 2.28 bits per heavy atom. The largest absolute Gasteiger partial charge is 0.338 e. The SMILES string of the molecule is CC(C)C(N)C=O.CCN(C(=O)C(NC)C(C)C)C1C2CCC3CC32C1c1ccccc1. The van der Waals surface area contributed by atoms with Gasteiger partial charge in [-0.25, -0.2) is 0 Å². The van der Waals surface area contributed by atoms with Crippen LogP contribution in [0.15, 0.2) is 30.3 Å². The third-order valence-electron chi connectivity index (χ3n) is 8.36. The first-order valence-electron chi connectivity index (χ1n) is 12.5. The van der Waals surface area contributed by atoms with E-state index < -0.39 is 0 Å². The van der Waals surface area contributed by atoms with Crippen molar-refractivity contribution in [3.63, 3.8) is 0 Å². The third-order valence-corrected chi connectivity index (χ3v) is 8.36. The molecule has 1 amide bonds. The molecule has 0 saturated heterocycles. The molecule has 5 nitrogen and oxygen atoms in total. The maximum Gasteiger partial charge on any atom is 0.240 e. The molecule has 178 valence electrons. The van der Waals surface area contributed by atoms with Crippen LogP contribution >= 0.6 is 0 Å². The van der Waals surface area contributed by atoms with Gasteiger partial charge in [-0.3, -0.25) is 4.79 Å². The van der Waals surface area contributed by atoms with Crippen LogP contribution in [0.25, 0.3) is 0 Å². The molecule has 0 aliphatic heterocycles. The molecule has 3 saturated carbocycles. The molecule has 3 aliphatic carbocycles. The molecule has 7 unspecified atom stereocenters. The molecule has 5 heteroatoms. The number of rotatable bonds is 8. The number of hydrogen-bond acceptors (Lipinski definition) is 4. The second-order valence-electron chi connectivity index (χ2n) is 10.7. The highest BCUT2D eigenvalue weighted by molar-refractivity contribution is 5.83. The Hall–Kier alpha value is -1.72. The van der Waals surface area contributed by atoms with Crippen molar-refractivity contribution in [2.45, 2.75) is 77.9 Å². The number of benzene rings is 1. The highest BCUT2D eigenvalue weighted by Gasteiger charge is 2.77. The van der Waals surface area contributed by atoms with E-state index >= 15 is 0 Å². The average Bonchev–Trinajstić information content (AvgIpc) is 3.44. The second kappa shape index (κ2) is 10.0. The molecule has 4 rings (SSSR count). The van der Waals surface area contributed by atoms with Crippen LogP contribution in [-0.4, -0.2) is 48.8 Å². The van der Waals surface area contributed by atoms with Crippen molar-refractivity contribution in [3.05, 3.63) is 35.9 Å². The zero-order chi connectivity index (χ0) is 23.6. The van der Waals surface area contributed by atoms with Gasteiger partial charge in [-0.1, -0.05) is 58.0 Å². The van der Waals surface area contributed by atoms with Crippen LogP contribution in [0.3, 0.4) is 0 Å². The fourth-order valence-corrected chi connectivity index (χ4v) is 6.53. The monoisotopic (exact) mass is 441 g/mol. The third kappa shape index (κ3) is 4.26. The first kappa shape index (κ1) is 24.9. The Labute approximate surface area is 194 Å². The van der Waals surface area contributed by atoms with Gasteiger partial charge in [-0.2, -0.15) is 0 Å². The molecule has 0 aromatic heterocycles. The van der Waals surface area contributed by atoms with Crippen molar-refractivity contribution in [2.75, 3.05) is 13.6 Å². The van der Waals surface area contributed by atoms with Gasteiger partial charge in [-0.15, -0.1) is 0 Å². The number of aldehydes is 1. The van der Waals surface area contributed by atoms with Crippen molar-refractivity contribution < 1.29 is 9.59 Å². The average molecular weight is 442 g/mol. The summed E-state index contributed by atoms with van der Waals surface area (Å²) in [5, 5.41) is 3.26. The lowest BCUT2D eigenvalue weighted by Gasteiger charge is -2.57. The lowest BCUT2D eigenvalue weighted by atomic mass is 9.55. The van der Waals surface area contributed by atoms with E-state index in [1.165, 1.54) is 24.8 Å². The highest BCUT2D eigenvalue weighted by Crippen LogP contribution is 2.81. The van der Waals surface area contributed by atoms with E-state index in [1.807, 2.05) is 20.9 Å². The highest BCUT2D eigenvalue weighted by atomic mass is 16.2. The van der Waals surface area contributed by atoms with Crippen LogP contribution in [0.1, 0.15) is 65.4 Å². The Kier molecular flexibility index (Phi) is 7.82. The van der Waals surface area contributed by atoms with E-state index in [2.05, 4.69) is 61.3 Å². The van der Waals surface area contributed by atoms with E-state index in [0.29, 0.717) is 29.2 Å². The topological polar surface area (TPSA) is 75.4 Å². The van der Waals surface area contributed by atoms with Gasteiger partial charge in [0.05, 0.1) is 12.1 Å². The number of carbonyl (C=O) groups excluding carboxylic acids is 2. The van der Waals surface area contributed by atoms with Crippen molar-refractivity contribution in [3.8, 4) is 0 Å². The molecule has 0 radical (unpaired) electrons. The number of nitrogens with two attached hydrogens (primary N) is 1. The Morgan fingerprint density at radius 1 is 1.19 bits per heavy atom. The quantitative estimate of drug-likeness (QED) is 0.601. The standard InChI is InChI=1S/C22H32N2O.C5H11NO/c1-5-24(21(25)19(23-4)14(2)3)20-17-12-11-16-13-22(16,17)18(20)15-9-7-6-8-10-15;1-4(2)5(6)3-7/h6-10,14,16-20,23H,5,11-13H2,1-4H3;3-5H,6H2,1-2H3. The first-order valence-corrected chi connectivity index (χ1v) is 12.5. The molecule has 32 heavy (non-hydrogen) atoms. The molecule has 0 heterocycles. The van der Waals surface area contributed by atoms with Gasteiger partial charge >= 0.3 is 0 Å². The summed E-state index contributed by atoms with van der Waals surface area (Å²) in [6.07, 6.45) is 4.84. The van der Waals surface area contributed by atoms with Gasteiger partial charge in [0.1, 0.15) is 6.29 Å². The molecule has 1 aromatic rings. The van der Waals surface area contributed by atoms with Crippen molar-refractivity contribution >= 4 is 12.2 Å². The zero-order valence-corrected chi connectivity index (χ0v) is 20.8. The molecule has 0 bridgehead atoms. The van der Waals surface area contributed by atoms with Gasteiger partial charge in [0.25, 0.3) is 0 Å². The lowest BCUT2D eigenvalue weighted by Crippen LogP contribution is -2.63. The fourth-order valence-electron chi connectivity index (χ4n) is 6.53. The maximum absolute atomic E-state index is 13.3. The van der Waals surface area contributed by atoms with Crippen LogP contribution in [0.2, 0.25) is 0 Å². The molecule has 3 aliphatic rings. The van der Waals surface area contributed by atoms with Crippen molar-refractivity contribution in [2.24, 2.45) is 34.8 Å². The van der Waals surface area contributed by atoms with Gasteiger partial charge < -0.3 is 20.7 Å². The van der Waals surface area contributed by atoms with Gasteiger partial charge in [0, 0.05) is 18.5 Å². The molecule has 3 N–H and O–H groups in total. The predicted molar refractivity (Wildman–Crippen MR) is 130 cm³/mol. The van der Waals surface area contributed by atoms with Gasteiger partial charge in [-0.05, 0) is 67.9 Å². The summed E-state index contributed by atoms with van der Waals surface area (Å²) in [6.45, 7) is 11.1. The number of hydrogen-bond donors (Lipinski definition) is 2. The molecular weight excluding hydrogens is 398 g/mol. The lowest BCUT2D eigenvalue weighted by molar-refractivity contribution is -0.145. The normalized spacial score (nSPS) is 31.5. The van der Waals surface area contributed by atoms with Gasteiger partial charge in [0.2, 0.25) is 5.91 Å². The minimum atomic E-state index is -0.278.